The van der Waals surface area contributed by atoms with E-state index in [-0.39, 0.29) is 0 Å². The molecule has 0 saturated carbocycles. The van der Waals surface area contributed by atoms with Crippen LogP contribution in [0.4, 0.5) is 0 Å². The molecule has 2 N–H and O–H groups in total. The van der Waals surface area contributed by atoms with Gasteiger partial charge in [-0.25, -0.2) is 0 Å². The molecule has 1 heterocycles. The van der Waals surface area contributed by atoms with Gasteiger partial charge in [-0.05, 0) is 6.42 Å². The van der Waals surface area contributed by atoms with Crippen LogP contribution in [0.5, 0.6) is 0 Å². The Morgan fingerprint density at radius 1 is 1.78 bits per heavy atom. The number of nitrogens with zero attached hydrogens (tertiary/aromatic N) is 2. The second-order valence-corrected chi connectivity index (χ2v) is 2.44. The Morgan fingerprint density at radius 2 is 2.56 bits per heavy atom. The van der Waals surface area contributed by atoms with Crippen LogP contribution in [0.2, 0.25) is 0 Å². The van der Waals surface area contributed by atoms with Gasteiger partial charge in [-0.2, -0.15) is 5.26 Å². The van der Waals surface area contributed by atoms with Gasteiger partial charge in [-0.3, -0.25) is 4.90 Å². The highest BCUT2D eigenvalue weighted by Gasteiger charge is 2.17. The minimum Gasteiger partial charge on any atom is -0.326 e. The minimum absolute atomic E-state index is 0.304. The fourth-order valence-electron chi connectivity index (χ4n) is 1.11. The molecule has 0 aromatic heterocycles. The van der Waals surface area contributed by atoms with Crippen LogP contribution in [0.1, 0.15) is 6.42 Å². The van der Waals surface area contributed by atoms with Gasteiger partial charge in [0.2, 0.25) is 0 Å². The average molecular weight is 125 g/mol. The van der Waals surface area contributed by atoms with Crippen LogP contribution in [0.15, 0.2) is 0 Å². The van der Waals surface area contributed by atoms with Gasteiger partial charge in [0.15, 0.2) is 0 Å². The molecule has 50 valence electrons. The molecule has 0 radical (unpaired) electrons. The molecule has 1 aliphatic rings. The Morgan fingerprint density at radius 3 is 3.00 bits per heavy atom. The van der Waals surface area contributed by atoms with Crippen LogP contribution >= 0.6 is 0 Å². The van der Waals surface area contributed by atoms with E-state index < -0.39 is 0 Å². The molecule has 0 aromatic rings. The van der Waals surface area contributed by atoms with Crippen LogP contribution < -0.4 is 5.73 Å². The standard InChI is InChI=1S/C6H11N3/c7-2-4-9-3-1-6(8)5-9/h6H,1,3-5,8H2. The predicted octanol–water partition coefficient (Wildman–Crippen LogP) is -0.457. The van der Waals surface area contributed by atoms with Crippen molar-refractivity contribution >= 4 is 0 Å². The zero-order valence-electron chi connectivity index (χ0n) is 5.38. The summed E-state index contributed by atoms with van der Waals surface area (Å²) in [6.45, 7) is 2.43. The first-order valence-electron chi connectivity index (χ1n) is 3.18. The van der Waals surface area contributed by atoms with Crippen molar-refractivity contribution in [2.24, 2.45) is 5.73 Å². The zero-order valence-corrected chi connectivity index (χ0v) is 5.38. The number of nitriles is 1. The fourth-order valence-corrected chi connectivity index (χ4v) is 1.11. The summed E-state index contributed by atoms with van der Waals surface area (Å²) in [4.78, 5) is 2.07. The molecule has 1 unspecified atom stereocenters. The van der Waals surface area contributed by atoms with Gasteiger partial charge < -0.3 is 5.73 Å². The Kier molecular flexibility index (Phi) is 2.04. The monoisotopic (exact) mass is 125 g/mol. The summed E-state index contributed by atoms with van der Waals surface area (Å²) in [6, 6.07) is 2.40. The van der Waals surface area contributed by atoms with Crippen LogP contribution in [-0.4, -0.2) is 30.6 Å². The van der Waals surface area contributed by atoms with Crippen molar-refractivity contribution in [3.8, 4) is 6.07 Å². The van der Waals surface area contributed by atoms with Crippen LogP contribution in [0.3, 0.4) is 0 Å². The van der Waals surface area contributed by atoms with E-state index in [1.807, 2.05) is 0 Å². The summed E-state index contributed by atoms with van der Waals surface area (Å²) in [5.74, 6) is 0. The molecule has 1 atom stereocenters. The summed E-state index contributed by atoms with van der Waals surface area (Å²) < 4.78 is 0. The molecule has 1 saturated heterocycles. The average Bonchev–Trinajstić information content (AvgIpc) is 2.17. The Hall–Kier alpha value is -0.590. The summed E-state index contributed by atoms with van der Waals surface area (Å²) in [6.07, 6.45) is 1.04. The zero-order chi connectivity index (χ0) is 6.69. The van der Waals surface area contributed by atoms with Crippen molar-refractivity contribution < 1.29 is 0 Å². The van der Waals surface area contributed by atoms with Crippen molar-refractivity contribution in [2.45, 2.75) is 12.5 Å². The van der Waals surface area contributed by atoms with Gasteiger partial charge in [0.1, 0.15) is 0 Å². The third kappa shape index (κ3) is 1.67. The maximum Gasteiger partial charge on any atom is 0.0866 e. The van der Waals surface area contributed by atoms with E-state index >= 15 is 0 Å². The Balaban J connectivity index is 2.24. The number of nitrogens with two attached hydrogens (primary N) is 1. The van der Waals surface area contributed by atoms with Crippen molar-refractivity contribution in [2.75, 3.05) is 19.6 Å². The van der Waals surface area contributed by atoms with Gasteiger partial charge in [0.05, 0.1) is 12.6 Å². The third-order valence-corrected chi connectivity index (χ3v) is 1.60. The van der Waals surface area contributed by atoms with E-state index in [2.05, 4.69) is 11.0 Å². The molecular weight excluding hydrogens is 114 g/mol. The van der Waals surface area contributed by atoms with E-state index in [1.54, 1.807) is 0 Å². The topological polar surface area (TPSA) is 53.0 Å². The van der Waals surface area contributed by atoms with Crippen molar-refractivity contribution in [3.63, 3.8) is 0 Å². The molecule has 0 aromatic carbocycles. The molecule has 0 amide bonds. The van der Waals surface area contributed by atoms with Gasteiger partial charge in [0.25, 0.3) is 0 Å². The van der Waals surface area contributed by atoms with Crippen LogP contribution in [0.25, 0.3) is 0 Å². The summed E-state index contributed by atoms with van der Waals surface area (Å²) >= 11 is 0. The second kappa shape index (κ2) is 2.81. The lowest BCUT2D eigenvalue weighted by Crippen LogP contribution is -2.26. The normalized spacial score (nSPS) is 28.2. The molecular formula is C6H11N3. The molecule has 0 aliphatic carbocycles. The lowest BCUT2D eigenvalue weighted by molar-refractivity contribution is 0.376. The molecule has 9 heavy (non-hydrogen) atoms. The number of hydrogen-bond donors (Lipinski definition) is 1. The highest BCUT2D eigenvalue weighted by Crippen LogP contribution is 2.04. The molecule has 1 rings (SSSR count). The van der Waals surface area contributed by atoms with Crippen LogP contribution in [0, 0.1) is 11.3 Å². The summed E-state index contributed by atoms with van der Waals surface area (Å²) in [7, 11) is 0. The van der Waals surface area contributed by atoms with E-state index in [0.29, 0.717) is 12.6 Å². The van der Waals surface area contributed by atoms with Gasteiger partial charge in [0, 0.05) is 19.1 Å². The number of hydrogen-bond acceptors (Lipinski definition) is 3. The Bertz CT molecular complexity index is 127. The predicted molar refractivity (Wildman–Crippen MR) is 34.6 cm³/mol. The van der Waals surface area contributed by atoms with Crippen molar-refractivity contribution in [1.82, 2.24) is 4.90 Å². The largest absolute Gasteiger partial charge is 0.326 e. The molecule has 0 bridgehead atoms. The highest BCUT2D eigenvalue weighted by molar-refractivity contribution is 4.84. The van der Waals surface area contributed by atoms with E-state index in [4.69, 9.17) is 11.0 Å². The van der Waals surface area contributed by atoms with E-state index in [1.165, 1.54) is 0 Å². The van der Waals surface area contributed by atoms with Gasteiger partial charge in [-0.1, -0.05) is 0 Å². The maximum absolute atomic E-state index is 8.28. The first-order chi connectivity index (χ1) is 4.33. The van der Waals surface area contributed by atoms with E-state index in [0.717, 1.165) is 19.5 Å². The van der Waals surface area contributed by atoms with Crippen molar-refractivity contribution in [1.29, 1.82) is 5.26 Å². The first-order valence-corrected chi connectivity index (χ1v) is 3.18. The molecule has 3 heteroatoms. The summed E-state index contributed by atoms with van der Waals surface area (Å²) in [5, 5.41) is 8.28. The lowest BCUT2D eigenvalue weighted by atomic mass is 10.3. The SMILES string of the molecule is N#CCN1CCC(N)C1. The number of rotatable bonds is 1. The van der Waals surface area contributed by atoms with Crippen molar-refractivity contribution in [3.05, 3.63) is 0 Å². The number of likely N-dealkylation sites (tertiary alicyclic amines) is 1. The Labute approximate surface area is 55.1 Å². The lowest BCUT2D eigenvalue weighted by Gasteiger charge is -2.07. The smallest absolute Gasteiger partial charge is 0.0866 e. The second-order valence-electron chi connectivity index (χ2n) is 2.44. The quantitative estimate of drug-likeness (QED) is 0.482. The highest BCUT2D eigenvalue weighted by atomic mass is 15.2. The first kappa shape index (κ1) is 6.53. The summed E-state index contributed by atoms with van der Waals surface area (Å²) in [5.41, 5.74) is 5.60. The molecule has 0 spiro atoms. The van der Waals surface area contributed by atoms with Gasteiger partial charge in [-0.15, -0.1) is 0 Å². The fraction of sp³-hybridized carbons (Fsp3) is 0.833. The molecule has 1 fully saturated rings. The molecule has 3 nitrogen and oxygen atoms in total. The van der Waals surface area contributed by atoms with Crippen LogP contribution in [-0.2, 0) is 0 Å². The minimum atomic E-state index is 0.304. The third-order valence-electron chi connectivity index (χ3n) is 1.60. The van der Waals surface area contributed by atoms with E-state index in [9.17, 15) is 0 Å². The maximum atomic E-state index is 8.28. The molecule has 1 aliphatic heterocycles. The van der Waals surface area contributed by atoms with Gasteiger partial charge >= 0.3 is 0 Å².